The predicted octanol–water partition coefficient (Wildman–Crippen LogP) is 1.43. The first-order valence-corrected chi connectivity index (χ1v) is 11.0. The van der Waals surface area contributed by atoms with Crippen molar-refractivity contribution in [2.75, 3.05) is 50.8 Å². The Morgan fingerprint density at radius 2 is 1.87 bits per heavy atom. The molecular weight excluding hydrogens is 394 g/mol. The van der Waals surface area contributed by atoms with Crippen molar-refractivity contribution in [2.45, 2.75) is 13.5 Å². The summed E-state index contributed by atoms with van der Waals surface area (Å²) in [4.78, 5) is 3.90. The van der Waals surface area contributed by atoms with Crippen LogP contribution in [0.4, 0.5) is 5.69 Å². The molecule has 0 aliphatic carbocycles. The van der Waals surface area contributed by atoms with E-state index < -0.39 is 0 Å². The minimum absolute atomic E-state index is 0.551. The van der Waals surface area contributed by atoms with Crippen LogP contribution in [0.15, 0.2) is 59.7 Å². The van der Waals surface area contributed by atoms with Gasteiger partial charge in [0.2, 0.25) is 0 Å². The Kier molecular flexibility index (Phi) is 9.08. The summed E-state index contributed by atoms with van der Waals surface area (Å²) in [6.45, 7) is 9.73. The number of quaternary nitrogens is 1. The molecule has 1 aliphatic rings. The lowest BCUT2D eigenvalue weighted by Gasteiger charge is -2.23. The number of benzene rings is 2. The van der Waals surface area contributed by atoms with Gasteiger partial charge in [0.25, 0.3) is 0 Å². The average molecular weight is 427 g/mol. The Balaban J connectivity index is 1.41. The van der Waals surface area contributed by atoms with Gasteiger partial charge >= 0.3 is 0 Å². The zero-order chi connectivity index (χ0) is 21.0. The molecule has 0 aromatic heterocycles. The Morgan fingerprint density at radius 3 is 2.57 bits per heavy atom. The van der Waals surface area contributed by atoms with E-state index in [2.05, 4.69) is 76.2 Å². The van der Waals surface area contributed by atoms with E-state index in [0.717, 1.165) is 58.0 Å². The number of anilines is 1. The van der Waals surface area contributed by atoms with Gasteiger partial charge in [-0.3, -0.25) is 5.43 Å². The van der Waals surface area contributed by atoms with Crippen LogP contribution in [-0.2, 0) is 11.3 Å². The number of hydrogen-bond donors (Lipinski definition) is 3. The lowest BCUT2D eigenvalue weighted by Crippen LogP contribution is -3.14. The molecule has 1 fully saturated rings. The topological polar surface area (TPSA) is 53.3 Å². The summed E-state index contributed by atoms with van der Waals surface area (Å²) in [6, 6.07) is 19.0. The molecule has 3 rings (SSSR count). The third kappa shape index (κ3) is 7.40. The van der Waals surface area contributed by atoms with E-state index >= 15 is 0 Å². The van der Waals surface area contributed by atoms with Gasteiger partial charge in [-0.25, -0.2) is 0 Å². The quantitative estimate of drug-likeness (QED) is 0.322. The number of ether oxygens (including phenoxy) is 1. The third-order valence-corrected chi connectivity index (χ3v) is 5.44. The third-order valence-electron chi connectivity index (χ3n) is 5.20. The molecule has 6 nitrogen and oxygen atoms in total. The summed E-state index contributed by atoms with van der Waals surface area (Å²) in [5.41, 5.74) is 6.44. The standard InChI is InChI=1S/C23H31N5OS/c1-2-28(19-21-6-4-3-5-7-21)22-10-8-20(9-11-22)18-25-26-23(30)24-12-13-27-14-16-29-17-15-27/h3-11,18H,2,12-17,19H2,1H3,(H2,24,26,30)/p+1/b25-18-. The van der Waals surface area contributed by atoms with Crippen LogP contribution in [0, 0.1) is 0 Å². The van der Waals surface area contributed by atoms with Gasteiger partial charge in [-0.15, -0.1) is 0 Å². The Morgan fingerprint density at radius 1 is 1.13 bits per heavy atom. The van der Waals surface area contributed by atoms with Crippen molar-refractivity contribution in [1.29, 1.82) is 0 Å². The number of thiocarbonyl (C=S) groups is 1. The molecule has 1 heterocycles. The molecule has 0 radical (unpaired) electrons. The van der Waals surface area contributed by atoms with Gasteiger partial charge in [0.15, 0.2) is 5.11 Å². The van der Waals surface area contributed by atoms with Crippen LogP contribution in [0.3, 0.4) is 0 Å². The molecule has 160 valence electrons. The van der Waals surface area contributed by atoms with Gasteiger partial charge in [-0.2, -0.15) is 5.10 Å². The van der Waals surface area contributed by atoms with E-state index in [1.165, 1.54) is 11.3 Å². The Bertz CT molecular complexity index is 791. The molecule has 0 bridgehead atoms. The summed E-state index contributed by atoms with van der Waals surface area (Å²) in [6.07, 6.45) is 1.79. The summed E-state index contributed by atoms with van der Waals surface area (Å²) in [7, 11) is 0. The molecule has 2 aromatic carbocycles. The fraction of sp³-hybridized carbons (Fsp3) is 0.391. The second-order valence-corrected chi connectivity index (χ2v) is 7.74. The monoisotopic (exact) mass is 426 g/mol. The van der Waals surface area contributed by atoms with Crippen LogP contribution in [-0.4, -0.2) is 57.3 Å². The summed E-state index contributed by atoms with van der Waals surface area (Å²) >= 11 is 5.29. The summed E-state index contributed by atoms with van der Waals surface area (Å²) < 4.78 is 5.37. The van der Waals surface area contributed by atoms with Crippen molar-refractivity contribution >= 4 is 29.2 Å². The van der Waals surface area contributed by atoms with Crippen molar-refractivity contribution in [3.05, 3.63) is 65.7 Å². The molecule has 0 saturated carbocycles. The van der Waals surface area contributed by atoms with Crippen LogP contribution >= 0.6 is 12.2 Å². The molecule has 7 heteroatoms. The number of hydrogen-bond acceptors (Lipinski definition) is 4. The molecule has 0 spiro atoms. The molecular formula is C23H32N5OS+. The van der Waals surface area contributed by atoms with Gasteiger partial charge in [0, 0.05) is 18.8 Å². The lowest BCUT2D eigenvalue weighted by atomic mass is 10.1. The number of nitrogens with zero attached hydrogens (tertiary/aromatic N) is 2. The number of rotatable bonds is 9. The van der Waals surface area contributed by atoms with Gasteiger partial charge in [-0.05, 0) is 42.4 Å². The maximum atomic E-state index is 5.37. The number of morpholine rings is 1. The molecule has 0 unspecified atom stereocenters. The first kappa shape index (κ1) is 22.2. The highest BCUT2D eigenvalue weighted by atomic mass is 32.1. The van der Waals surface area contributed by atoms with E-state index in [-0.39, 0.29) is 0 Å². The van der Waals surface area contributed by atoms with Crippen LogP contribution < -0.4 is 20.5 Å². The Hall–Kier alpha value is -2.48. The van der Waals surface area contributed by atoms with Gasteiger partial charge in [-0.1, -0.05) is 42.5 Å². The highest BCUT2D eigenvalue weighted by Gasteiger charge is 2.12. The zero-order valence-corrected chi connectivity index (χ0v) is 18.5. The van der Waals surface area contributed by atoms with Crippen LogP contribution in [0.5, 0.6) is 0 Å². The van der Waals surface area contributed by atoms with Crippen molar-refractivity contribution in [2.24, 2.45) is 5.10 Å². The predicted molar refractivity (Wildman–Crippen MR) is 127 cm³/mol. The van der Waals surface area contributed by atoms with E-state index in [4.69, 9.17) is 17.0 Å². The highest BCUT2D eigenvalue weighted by Crippen LogP contribution is 2.17. The van der Waals surface area contributed by atoms with E-state index in [9.17, 15) is 0 Å². The van der Waals surface area contributed by atoms with Crippen LogP contribution in [0.2, 0.25) is 0 Å². The van der Waals surface area contributed by atoms with Gasteiger partial charge in [0.1, 0.15) is 13.1 Å². The first-order chi connectivity index (χ1) is 14.7. The van der Waals surface area contributed by atoms with Crippen LogP contribution in [0.25, 0.3) is 0 Å². The second kappa shape index (κ2) is 12.3. The molecule has 3 N–H and O–H groups in total. The fourth-order valence-corrected chi connectivity index (χ4v) is 3.58. The second-order valence-electron chi connectivity index (χ2n) is 7.33. The lowest BCUT2D eigenvalue weighted by molar-refractivity contribution is -0.906. The minimum Gasteiger partial charge on any atom is -0.370 e. The minimum atomic E-state index is 0.551. The highest BCUT2D eigenvalue weighted by molar-refractivity contribution is 7.80. The Labute approximate surface area is 184 Å². The van der Waals surface area contributed by atoms with Crippen molar-refractivity contribution in [1.82, 2.24) is 10.7 Å². The van der Waals surface area contributed by atoms with E-state index in [1.807, 2.05) is 6.07 Å². The van der Waals surface area contributed by atoms with Crippen molar-refractivity contribution in [3.8, 4) is 0 Å². The molecule has 0 atom stereocenters. The molecule has 1 saturated heterocycles. The normalized spacial score (nSPS) is 14.6. The molecule has 30 heavy (non-hydrogen) atoms. The average Bonchev–Trinajstić information content (AvgIpc) is 2.79. The van der Waals surface area contributed by atoms with E-state index in [0.29, 0.717) is 5.11 Å². The smallest absolute Gasteiger partial charge is 0.187 e. The largest absolute Gasteiger partial charge is 0.370 e. The van der Waals surface area contributed by atoms with E-state index in [1.54, 1.807) is 11.1 Å². The molecule has 2 aromatic rings. The number of hydrazone groups is 1. The van der Waals surface area contributed by atoms with Gasteiger partial charge < -0.3 is 19.9 Å². The molecule has 0 amide bonds. The first-order valence-electron chi connectivity index (χ1n) is 10.6. The summed E-state index contributed by atoms with van der Waals surface area (Å²) in [5, 5.41) is 8.01. The van der Waals surface area contributed by atoms with Gasteiger partial charge in [0.05, 0.1) is 32.5 Å². The molecule has 1 aliphatic heterocycles. The number of nitrogens with one attached hydrogen (secondary N) is 3. The fourth-order valence-electron chi connectivity index (χ4n) is 3.43. The van der Waals surface area contributed by atoms with Crippen molar-refractivity contribution < 1.29 is 9.64 Å². The van der Waals surface area contributed by atoms with Crippen molar-refractivity contribution in [3.63, 3.8) is 0 Å². The SMILES string of the molecule is CCN(Cc1ccccc1)c1ccc(/C=N\NC(=S)NCC[NH+]2CCOCC2)cc1. The zero-order valence-electron chi connectivity index (χ0n) is 17.6. The maximum Gasteiger partial charge on any atom is 0.187 e. The maximum absolute atomic E-state index is 5.37. The van der Waals surface area contributed by atoms with Crippen LogP contribution in [0.1, 0.15) is 18.1 Å². The summed E-state index contributed by atoms with van der Waals surface area (Å²) in [5.74, 6) is 0.